The number of halogens is 3. The number of ketones is 1. The predicted molar refractivity (Wildman–Crippen MR) is 56.0 cm³/mol. The molecule has 2 nitrogen and oxygen atoms in total. The fraction of sp³-hybridized carbons (Fsp3) is 0.0833. The SMILES string of the molecule is O=C(c1ccc2ccccc2c1O)C(F)(F)F. The third kappa shape index (κ3) is 1.95. The molecule has 2 aromatic carbocycles. The number of benzene rings is 2. The van der Waals surface area contributed by atoms with Gasteiger partial charge in [0.1, 0.15) is 5.75 Å². The Bertz CT molecular complexity index is 588. The Morgan fingerprint density at radius 1 is 1.06 bits per heavy atom. The highest BCUT2D eigenvalue weighted by atomic mass is 19.4. The van der Waals surface area contributed by atoms with Gasteiger partial charge in [-0.15, -0.1) is 0 Å². The third-order valence-electron chi connectivity index (χ3n) is 2.40. The van der Waals surface area contributed by atoms with Gasteiger partial charge >= 0.3 is 6.18 Å². The molecule has 2 rings (SSSR count). The van der Waals surface area contributed by atoms with Crippen molar-refractivity contribution in [3.63, 3.8) is 0 Å². The molecule has 0 amide bonds. The lowest BCUT2D eigenvalue weighted by Crippen LogP contribution is -2.22. The van der Waals surface area contributed by atoms with Crippen LogP contribution in [-0.2, 0) is 0 Å². The molecular formula is C12H7F3O2. The Morgan fingerprint density at radius 3 is 2.35 bits per heavy atom. The van der Waals surface area contributed by atoms with Crippen LogP contribution in [0.5, 0.6) is 5.75 Å². The van der Waals surface area contributed by atoms with Gasteiger partial charge in [0.2, 0.25) is 0 Å². The van der Waals surface area contributed by atoms with Crippen molar-refractivity contribution in [3.8, 4) is 5.75 Å². The summed E-state index contributed by atoms with van der Waals surface area (Å²) in [5.41, 5.74) is -0.726. The van der Waals surface area contributed by atoms with Gasteiger partial charge in [-0.3, -0.25) is 4.79 Å². The van der Waals surface area contributed by atoms with Crippen LogP contribution in [0.4, 0.5) is 13.2 Å². The van der Waals surface area contributed by atoms with E-state index in [0.717, 1.165) is 6.07 Å². The maximum atomic E-state index is 12.3. The van der Waals surface area contributed by atoms with Crippen LogP contribution in [-0.4, -0.2) is 17.1 Å². The van der Waals surface area contributed by atoms with Crippen LogP contribution in [0.25, 0.3) is 10.8 Å². The lowest BCUT2D eigenvalue weighted by molar-refractivity contribution is -0.0886. The normalized spacial score (nSPS) is 11.7. The van der Waals surface area contributed by atoms with Crippen LogP contribution in [0.15, 0.2) is 36.4 Å². The number of Topliss-reactive ketones (excluding diaryl/α,β-unsaturated/α-hetero) is 1. The minimum absolute atomic E-state index is 0.225. The third-order valence-corrected chi connectivity index (χ3v) is 2.40. The molecule has 0 atom stereocenters. The number of alkyl halides is 3. The quantitative estimate of drug-likeness (QED) is 0.776. The minimum atomic E-state index is -4.99. The lowest BCUT2D eigenvalue weighted by atomic mass is 10.0. The van der Waals surface area contributed by atoms with Crippen LogP contribution in [0, 0.1) is 0 Å². The number of hydrogen-bond donors (Lipinski definition) is 1. The van der Waals surface area contributed by atoms with E-state index in [0.29, 0.717) is 5.39 Å². The van der Waals surface area contributed by atoms with Crippen molar-refractivity contribution in [2.75, 3.05) is 0 Å². The molecule has 0 aliphatic carbocycles. The van der Waals surface area contributed by atoms with Crippen LogP contribution in [0.3, 0.4) is 0 Å². The number of carbonyl (C=O) groups excluding carboxylic acids is 1. The number of phenolic OH excluding ortho intramolecular Hbond substituents is 1. The Hall–Kier alpha value is -2.04. The van der Waals surface area contributed by atoms with Gasteiger partial charge in [0, 0.05) is 5.39 Å². The Labute approximate surface area is 94.3 Å². The first kappa shape index (κ1) is 11.4. The van der Waals surface area contributed by atoms with E-state index < -0.39 is 23.3 Å². The zero-order valence-corrected chi connectivity index (χ0v) is 8.45. The topological polar surface area (TPSA) is 37.3 Å². The maximum absolute atomic E-state index is 12.3. The largest absolute Gasteiger partial charge is 0.507 e. The summed E-state index contributed by atoms with van der Waals surface area (Å²) in [6.45, 7) is 0. The van der Waals surface area contributed by atoms with Gasteiger partial charge in [-0.2, -0.15) is 13.2 Å². The summed E-state index contributed by atoms with van der Waals surface area (Å²) in [6.07, 6.45) is -4.99. The number of carbonyl (C=O) groups is 1. The zero-order valence-electron chi connectivity index (χ0n) is 8.45. The highest BCUT2D eigenvalue weighted by Gasteiger charge is 2.40. The van der Waals surface area contributed by atoms with Gasteiger partial charge in [0.05, 0.1) is 5.56 Å². The Balaban J connectivity index is 2.65. The van der Waals surface area contributed by atoms with E-state index >= 15 is 0 Å². The fourth-order valence-electron chi connectivity index (χ4n) is 1.59. The second kappa shape index (κ2) is 3.76. The molecule has 2 aromatic rings. The molecule has 5 heteroatoms. The zero-order chi connectivity index (χ0) is 12.6. The van der Waals surface area contributed by atoms with E-state index in [-0.39, 0.29) is 5.39 Å². The second-order valence-corrected chi connectivity index (χ2v) is 3.51. The van der Waals surface area contributed by atoms with Crippen molar-refractivity contribution >= 4 is 16.6 Å². The molecule has 88 valence electrons. The van der Waals surface area contributed by atoms with Gasteiger partial charge in [-0.05, 0) is 11.5 Å². The highest BCUT2D eigenvalue weighted by molar-refractivity contribution is 6.07. The van der Waals surface area contributed by atoms with Crippen LogP contribution >= 0.6 is 0 Å². The molecule has 0 radical (unpaired) electrons. The summed E-state index contributed by atoms with van der Waals surface area (Å²) >= 11 is 0. The monoisotopic (exact) mass is 240 g/mol. The number of rotatable bonds is 1. The van der Waals surface area contributed by atoms with Crippen LogP contribution in [0.1, 0.15) is 10.4 Å². The molecule has 1 N–H and O–H groups in total. The molecule has 0 aliphatic rings. The summed E-state index contributed by atoms with van der Waals surface area (Å²) in [4.78, 5) is 11.0. The molecule has 0 heterocycles. The summed E-state index contributed by atoms with van der Waals surface area (Å²) in [6, 6.07) is 8.70. The first-order valence-corrected chi connectivity index (χ1v) is 4.73. The van der Waals surface area contributed by atoms with Crippen LogP contribution in [0.2, 0.25) is 0 Å². The molecule has 0 aromatic heterocycles. The molecule has 0 unspecified atom stereocenters. The van der Waals surface area contributed by atoms with E-state index in [2.05, 4.69) is 0 Å². The first-order valence-electron chi connectivity index (χ1n) is 4.73. The summed E-state index contributed by atoms with van der Waals surface area (Å²) in [7, 11) is 0. The van der Waals surface area contributed by atoms with Gasteiger partial charge in [0.25, 0.3) is 5.78 Å². The van der Waals surface area contributed by atoms with E-state index in [1.807, 2.05) is 0 Å². The van der Waals surface area contributed by atoms with Crippen molar-refractivity contribution in [1.29, 1.82) is 0 Å². The minimum Gasteiger partial charge on any atom is -0.507 e. The standard InChI is InChI=1S/C12H7F3O2/c13-12(14,15)11(17)9-6-5-7-3-1-2-4-8(7)10(9)16/h1-6,16H. The number of aromatic hydroxyl groups is 1. The Kier molecular flexibility index (Phi) is 2.53. The molecular weight excluding hydrogens is 233 g/mol. The molecule has 0 spiro atoms. The van der Waals surface area contributed by atoms with Crippen molar-refractivity contribution in [2.24, 2.45) is 0 Å². The van der Waals surface area contributed by atoms with Crippen molar-refractivity contribution in [2.45, 2.75) is 6.18 Å². The molecule has 0 saturated carbocycles. The van der Waals surface area contributed by atoms with E-state index in [1.54, 1.807) is 18.2 Å². The highest BCUT2D eigenvalue weighted by Crippen LogP contribution is 2.32. The lowest BCUT2D eigenvalue weighted by Gasteiger charge is -2.09. The van der Waals surface area contributed by atoms with Gasteiger partial charge in [-0.1, -0.05) is 30.3 Å². The first-order chi connectivity index (χ1) is 7.91. The second-order valence-electron chi connectivity index (χ2n) is 3.51. The average molecular weight is 240 g/mol. The molecule has 0 aliphatic heterocycles. The molecule has 0 fully saturated rings. The number of phenols is 1. The number of hydrogen-bond acceptors (Lipinski definition) is 2. The van der Waals surface area contributed by atoms with Crippen molar-refractivity contribution in [1.82, 2.24) is 0 Å². The van der Waals surface area contributed by atoms with Gasteiger partial charge < -0.3 is 5.11 Å². The molecule has 17 heavy (non-hydrogen) atoms. The molecule has 0 bridgehead atoms. The van der Waals surface area contributed by atoms with Crippen molar-refractivity contribution in [3.05, 3.63) is 42.0 Å². The predicted octanol–water partition coefficient (Wildman–Crippen LogP) is 3.29. The smallest absolute Gasteiger partial charge is 0.455 e. The van der Waals surface area contributed by atoms with E-state index in [9.17, 15) is 23.1 Å². The van der Waals surface area contributed by atoms with Gasteiger partial charge in [-0.25, -0.2) is 0 Å². The summed E-state index contributed by atoms with van der Waals surface area (Å²) in [5, 5.41) is 10.5. The molecule has 0 saturated heterocycles. The van der Waals surface area contributed by atoms with Gasteiger partial charge in [0.15, 0.2) is 0 Å². The maximum Gasteiger partial charge on any atom is 0.455 e. The average Bonchev–Trinajstić information content (AvgIpc) is 2.28. The fourth-order valence-corrected chi connectivity index (χ4v) is 1.59. The summed E-state index contributed by atoms with van der Waals surface area (Å²) in [5.74, 6) is -2.67. The van der Waals surface area contributed by atoms with Crippen molar-refractivity contribution < 1.29 is 23.1 Å². The van der Waals surface area contributed by atoms with E-state index in [4.69, 9.17) is 0 Å². The van der Waals surface area contributed by atoms with Crippen LogP contribution < -0.4 is 0 Å². The van der Waals surface area contributed by atoms with E-state index in [1.165, 1.54) is 12.1 Å². The Morgan fingerprint density at radius 2 is 1.71 bits per heavy atom. The summed E-state index contributed by atoms with van der Waals surface area (Å²) < 4.78 is 36.8. The number of fused-ring (bicyclic) bond motifs is 1.